The van der Waals surface area contributed by atoms with Gasteiger partial charge in [-0.3, -0.25) is 0 Å². The lowest BCUT2D eigenvalue weighted by atomic mass is 10.1. The van der Waals surface area contributed by atoms with Gasteiger partial charge in [-0.1, -0.05) is 6.07 Å². The Bertz CT molecular complexity index is 380. The van der Waals surface area contributed by atoms with Gasteiger partial charge in [-0.05, 0) is 17.7 Å². The zero-order chi connectivity index (χ0) is 12.8. The fourth-order valence-electron chi connectivity index (χ4n) is 1.70. The second-order valence-corrected chi connectivity index (χ2v) is 3.99. The van der Waals surface area contributed by atoms with Crippen LogP contribution in [0.5, 0.6) is 11.5 Å². The molecule has 1 unspecified atom stereocenters. The van der Waals surface area contributed by atoms with Gasteiger partial charge in [0.15, 0.2) is 11.5 Å². The van der Waals surface area contributed by atoms with E-state index < -0.39 is 6.10 Å². The number of rotatable bonds is 6. The fourth-order valence-corrected chi connectivity index (χ4v) is 1.70. The summed E-state index contributed by atoms with van der Waals surface area (Å²) in [7, 11) is 1.61. The summed E-state index contributed by atoms with van der Waals surface area (Å²) in [5, 5.41) is 9.96. The van der Waals surface area contributed by atoms with E-state index in [0.29, 0.717) is 32.2 Å². The van der Waals surface area contributed by atoms with E-state index in [1.165, 1.54) is 0 Å². The predicted octanol–water partition coefficient (Wildman–Crippen LogP) is 1.15. The Balaban J connectivity index is 1.91. The molecule has 0 fully saturated rings. The van der Waals surface area contributed by atoms with Crippen molar-refractivity contribution in [3.63, 3.8) is 0 Å². The van der Waals surface area contributed by atoms with Gasteiger partial charge < -0.3 is 24.1 Å². The van der Waals surface area contributed by atoms with Crippen molar-refractivity contribution in [1.29, 1.82) is 0 Å². The lowest BCUT2D eigenvalue weighted by Crippen LogP contribution is -2.16. The minimum Gasteiger partial charge on any atom is -0.486 e. The van der Waals surface area contributed by atoms with Gasteiger partial charge in [0.1, 0.15) is 19.3 Å². The summed E-state index contributed by atoms with van der Waals surface area (Å²) in [6.45, 7) is 2.33. The van der Waals surface area contributed by atoms with E-state index in [1.807, 2.05) is 12.1 Å². The zero-order valence-corrected chi connectivity index (χ0v) is 10.4. The molecule has 1 aliphatic rings. The Morgan fingerprint density at radius 2 is 2.00 bits per heavy atom. The molecule has 2 rings (SSSR count). The summed E-state index contributed by atoms with van der Waals surface area (Å²) in [6, 6.07) is 5.42. The van der Waals surface area contributed by atoms with Crippen molar-refractivity contribution in [2.24, 2.45) is 0 Å². The molecule has 0 bridgehead atoms. The number of aliphatic hydroxyl groups excluding tert-OH is 1. The second kappa shape index (κ2) is 6.58. The number of fused-ring (bicyclic) bond motifs is 1. The van der Waals surface area contributed by atoms with Gasteiger partial charge in [-0.2, -0.15) is 0 Å². The van der Waals surface area contributed by atoms with Gasteiger partial charge in [0.25, 0.3) is 0 Å². The lowest BCUT2D eigenvalue weighted by Gasteiger charge is -2.20. The average Bonchev–Trinajstić information content (AvgIpc) is 2.43. The van der Waals surface area contributed by atoms with Gasteiger partial charge in [-0.15, -0.1) is 0 Å². The van der Waals surface area contributed by atoms with Gasteiger partial charge in [0, 0.05) is 7.11 Å². The Labute approximate surface area is 106 Å². The molecule has 0 aliphatic carbocycles. The molecule has 0 saturated heterocycles. The van der Waals surface area contributed by atoms with Crippen LogP contribution < -0.4 is 9.47 Å². The number of benzene rings is 1. The smallest absolute Gasteiger partial charge is 0.161 e. The Kier molecular flexibility index (Phi) is 4.81. The van der Waals surface area contributed by atoms with E-state index in [4.69, 9.17) is 18.9 Å². The van der Waals surface area contributed by atoms with E-state index in [9.17, 15) is 5.11 Å². The van der Waals surface area contributed by atoms with Crippen LogP contribution in [0.15, 0.2) is 18.2 Å². The van der Waals surface area contributed by atoms with Crippen LogP contribution in [0.4, 0.5) is 0 Å². The van der Waals surface area contributed by atoms with Crippen molar-refractivity contribution in [3.8, 4) is 11.5 Å². The largest absolute Gasteiger partial charge is 0.486 e. The van der Waals surface area contributed by atoms with Gasteiger partial charge >= 0.3 is 0 Å². The molecule has 0 aromatic heterocycles. The topological polar surface area (TPSA) is 57.2 Å². The standard InChI is InChI=1S/C13H18O5/c1-15-4-5-16-9-11(14)10-2-3-12-13(8-10)18-7-6-17-12/h2-3,8,11,14H,4-7,9H2,1H3. The third-order valence-corrected chi connectivity index (χ3v) is 2.66. The average molecular weight is 254 g/mol. The van der Waals surface area contributed by atoms with E-state index in [-0.39, 0.29) is 6.61 Å². The van der Waals surface area contributed by atoms with Gasteiger partial charge in [0.2, 0.25) is 0 Å². The molecular formula is C13H18O5. The third-order valence-electron chi connectivity index (χ3n) is 2.66. The predicted molar refractivity (Wildman–Crippen MR) is 65.1 cm³/mol. The molecule has 1 aromatic carbocycles. The van der Waals surface area contributed by atoms with Crippen LogP contribution in [0.2, 0.25) is 0 Å². The Morgan fingerprint density at radius 3 is 2.78 bits per heavy atom. The lowest BCUT2D eigenvalue weighted by molar-refractivity contribution is 0.0124. The van der Waals surface area contributed by atoms with Crippen LogP contribution in [0, 0.1) is 0 Å². The van der Waals surface area contributed by atoms with Crippen LogP contribution in [0.1, 0.15) is 11.7 Å². The molecule has 100 valence electrons. The summed E-state index contributed by atoms with van der Waals surface area (Å²) < 4.78 is 21.0. The maximum Gasteiger partial charge on any atom is 0.161 e. The molecule has 1 aromatic rings. The Morgan fingerprint density at radius 1 is 1.22 bits per heavy atom. The highest BCUT2D eigenvalue weighted by Gasteiger charge is 2.15. The molecule has 18 heavy (non-hydrogen) atoms. The maximum absolute atomic E-state index is 9.96. The number of hydrogen-bond acceptors (Lipinski definition) is 5. The van der Waals surface area contributed by atoms with Gasteiger partial charge in [0.05, 0.1) is 19.8 Å². The minimum atomic E-state index is -0.669. The second-order valence-electron chi connectivity index (χ2n) is 3.99. The Hall–Kier alpha value is -1.30. The molecule has 0 spiro atoms. The molecule has 0 amide bonds. The molecular weight excluding hydrogens is 236 g/mol. The number of hydrogen-bond donors (Lipinski definition) is 1. The summed E-state index contributed by atoms with van der Waals surface area (Å²) in [4.78, 5) is 0. The first-order valence-electron chi connectivity index (χ1n) is 5.95. The van der Waals surface area contributed by atoms with Crippen LogP contribution >= 0.6 is 0 Å². The molecule has 1 heterocycles. The number of methoxy groups -OCH3 is 1. The highest BCUT2D eigenvalue weighted by molar-refractivity contribution is 5.44. The van der Waals surface area contributed by atoms with Crippen LogP contribution in [-0.4, -0.2) is 45.3 Å². The summed E-state index contributed by atoms with van der Waals surface area (Å²) in [5.41, 5.74) is 0.761. The first kappa shape index (κ1) is 13.1. The molecule has 0 saturated carbocycles. The van der Waals surface area contributed by atoms with Crippen LogP contribution in [-0.2, 0) is 9.47 Å². The normalized spacial score (nSPS) is 15.4. The first-order valence-corrected chi connectivity index (χ1v) is 5.95. The number of aliphatic hydroxyl groups is 1. The highest BCUT2D eigenvalue weighted by atomic mass is 16.6. The van der Waals surface area contributed by atoms with E-state index in [2.05, 4.69) is 0 Å². The highest BCUT2D eigenvalue weighted by Crippen LogP contribution is 2.32. The fraction of sp³-hybridized carbons (Fsp3) is 0.538. The van der Waals surface area contributed by atoms with Crippen molar-refractivity contribution >= 4 is 0 Å². The van der Waals surface area contributed by atoms with Crippen molar-refractivity contribution in [2.75, 3.05) is 40.1 Å². The SMILES string of the molecule is COCCOCC(O)c1ccc2c(c1)OCCO2. The summed E-state index contributed by atoms with van der Waals surface area (Å²) in [5.74, 6) is 1.40. The molecule has 1 aliphatic heterocycles. The van der Waals surface area contributed by atoms with Crippen molar-refractivity contribution in [1.82, 2.24) is 0 Å². The van der Waals surface area contributed by atoms with Crippen LogP contribution in [0.25, 0.3) is 0 Å². The monoisotopic (exact) mass is 254 g/mol. The summed E-state index contributed by atoms with van der Waals surface area (Å²) in [6.07, 6.45) is -0.669. The van der Waals surface area contributed by atoms with Crippen molar-refractivity contribution in [3.05, 3.63) is 23.8 Å². The molecule has 5 heteroatoms. The van der Waals surface area contributed by atoms with Gasteiger partial charge in [-0.25, -0.2) is 0 Å². The van der Waals surface area contributed by atoms with E-state index >= 15 is 0 Å². The van der Waals surface area contributed by atoms with Crippen molar-refractivity contribution < 1.29 is 24.1 Å². The molecule has 5 nitrogen and oxygen atoms in total. The quantitative estimate of drug-likeness (QED) is 0.772. The van der Waals surface area contributed by atoms with E-state index in [0.717, 1.165) is 11.3 Å². The number of ether oxygens (including phenoxy) is 4. The van der Waals surface area contributed by atoms with Crippen LogP contribution in [0.3, 0.4) is 0 Å². The zero-order valence-electron chi connectivity index (χ0n) is 10.4. The first-order chi connectivity index (χ1) is 8.81. The third kappa shape index (κ3) is 3.35. The maximum atomic E-state index is 9.96. The molecule has 0 radical (unpaired) electrons. The minimum absolute atomic E-state index is 0.239. The molecule has 1 atom stereocenters. The van der Waals surface area contributed by atoms with Crippen molar-refractivity contribution in [2.45, 2.75) is 6.10 Å². The summed E-state index contributed by atoms with van der Waals surface area (Å²) >= 11 is 0. The van der Waals surface area contributed by atoms with E-state index in [1.54, 1.807) is 13.2 Å². The molecule has 1 N–H and O–H groups in total.